The van der Waals surface area contributed by atoms with E-state index in [1.165, 1.54) is 0 Å². The highest BCUT2D eigenvalue weighted by atomic mass is 35.5. The minimum Gasteiger partial charge on any atom is -0.466 e. The largest absolute Gasteiger partial charge is 0.466 e. The quantitative estimate of drug-likeness (QED) is 0.385. The molecule has 0 aliphatic heterocycles. The third-order valence-electron chi connectivity index (χ3n) is 0.824. The molecule has 3 nitrogen and oxygen atoms in total. The van der Waals surface area contributed by atoms with E-state index in [9.17, 15) is 4.79 Å². The molecule has 0 rings (SSSR count). The predicted octanol–water partition coefficient (Wildman–Crippen LogP) is 1.20. The summed E-state index contributed by atoms with van der Waals surface area (Å²) in [6, 6.07) is 0. The van der Waals surface area contributed by atoms with Gasteiger partial charge in [-0.25, -0.2) is 0 Å². The van der Waals surface area contributed by atoms with Crippen LogP contribution in [0.25, 0.3) is 0 Å². The molecule has 0 spiro atoms. The van der Waals surface area contributed by atoms with Crippen LogP contribution in [0, 0.1) is 5.41 Å². The molecule has 0 unspecified atom stereocenters. The molecule has 0 radical (unpaired) electrons. The Morgan fingerprint density at radius 3 is 2.70 bits per heavy atom. The summed E-state index contributed by atoms with van der Waals surface area (Å²) in [6.45, 7) is 2.08. The Balaban J connectivity index is 3.47. The van der Waals surface area contributed by atoms with E-state index in [-0.39, 0.29) is 24.0 Å². The summed E-state index contributed by atoms with van der Waals surface area (Å²) in [6.07, 6.45) is 0.0112. The van der Waals surface area contributed by atoms with Crippen LogP contribution in [0.2, 0.25) is 0 Å². The van der Waals surface area contributed by atoms with Crippen LogP contribution in [0.1, 0.15) is 13.3 Å². The van der Waals surface area contributed by atoms with Gasteiger partial charge >= 0.3 is 5.97 Å². The van der Waals surface area contributed by atoms with Crippen molar-refractivity contribution in [3.63, 3.8) is 0 Å². The molecule has 0 saturated carbocycles. The Hall–Kier alpha value is -0.570. The van der Waals surface area contributed by atoms with E-state index in [0.717, 1.165) is 0 Å². The van der Waals surface area contributed by atoms with Gasteiger partial charge in [0.1, 0.15) is 0 Å². The van der Waals surface area contributed by atoms with Crippen molar-refractivity contribution < 1.29 is 9.53 Å². The monoisotopic (exact) mass is 163 g/mol. The zero-order valence-electron chi connectivity index (χ0n) is 5.82. The number of alkyl halides is 1. The van der Waals surface area contributed by atoms with Gasteiger partial charge in [-0.05, 0) is 6.92 Å². The number of rotatable bonds is 4. The maximum Gasteiger partial charge on any atom is 0.311 e. The fourth-order valence-electron chi connectivity index (χ4n) is 0.433. The van der Waals surface area contributed by atoms with Gasteiger partial charge in [0.05, 0.1) is 18.9 Å². The van der Waals surface area contributed by atoms with Gasteiger partial charge in [0.15, 0.2) is 0 Å². The molecule has 0 aromatic heterocycles. The number of carbonyl (C=O) groups is 1. The van der Waals surface area contributed by atoms with Gasteiger partial charge in [0.2, 0.25) is 0 Å². The highest BCUT2D eigenvalue weighted by Crippen LogP contribution is 1.90. The SMILES string of the molecule is CCOC(=O)CC(=N)CCl. The van der Waals surface area contributed by atoms with Crippen LogP contribution >= 0.6 is 11.6 Å². The van der Waals surface area contributed by atoms with E-state index in [1.807, 2.05) is 0 Å². The fourth-order valence-corrected chi connectivity index (χ4v) is 0.528. The minimum absolute atomic E-state index is 0.0112. The highest BCUT2D eigenvalue weighted by molar-refractivity contribution is 6.29. The van der Waals surface area contributed by atoms with Crippen molar-refractivity contribution in [1.29, 1.82) is 5.41 Å². The first-order valence-electron chi connectivity index (χ1n) is 2.98. The predicted molar refractivity (Wildman–Crippen MR) is 39.7 cm³/mol. The standard InChI is InChI=1S/C6H10ClNO2/c1-2-10-6(9)3-5(8)4-7/h8H,2-4H2,1H3. The molecule has 58 valence electrons. The van der Waals surface area contributed by atoms with Crippen LogP contribution in [0.3, 0.4) is 0 Å². The van der Waals surface area contributed by atoms with E-state index >= 15 is 0 Å². The Kier molecular flexibility index (Phi) is 4.94. The molecule has 0 aromatic carbocycles. The topological polar surface area (TPSA) is 50.2 Å². The fraction of sp³-hybridized carbons (Fsp3) is 0.667. The molecule has 0 fully saturated rings. The first-order chi connectivity index (χ1) is 4.70. The molecular formula is C6H10ClNO2. The number of ether oxygens (including phenoxy) is 1. The number of carbonyl (C=O) groups excluding carboxylic acids is 1. The number of esters is 1. The van der Waals surface area contributed by atoms with E-state index in [2.05, 4.69) is 4.74 Å². The van der Waals surface area contributed by atoms with Gasteiger partial charge in [-0.3, -0.25) is 4.79 Å². The summed E-state index contributed by atoms with van der Waals surface area (Å²) in [4.78, 5) is 10.6. The van der Waals surface area contributed by atoms with Crippen molar-refractivity contribution in [1.82, 2.24) is 0 Å². The summed E-state index contributed by atoms with van der Waals surface area (Å²) >= 11 is 5.26. The first kappa shape index (κ1) is 9.43. The molecule has 0 aliphatic rings. The Morgan fingerprint density at radius 1 is 1.70 bits per heavy atom. The number of halogens is 1. The van der Waals surface area contributed by atoms with Gasteiger partial charge in [-0.2, -0.15) is 0 Å². The van der Waals surface area contributed by atoms with Gasteiger partial charge in [-0.15, -0.1) is 11.6 Å². The van der Waals surface area contributed by atoms with Crippen LogP contribution < -0.4 is 0 Å². The molecular weight excluding hydrogens is 154 g/mol. The highest BCUT2D eigenvalue weighted by Gasteiger charge is 2.04. The van der Waals surface area contributed by atoms with E-state index in [1.54, 1.807) is 6.92 Å². The molecule has 0 aliphatic carbocycles. The van der Waals surface area contributed by atoms with Crippen LogP contribution in [0.5, 0.6) is 0 Å². The average molecular weight is 164 g/mol. The van der Waals surface area contributed by atoms with Crippen molar-refractivity contribution in [3.05, 3.63) is 0 Å². The lowest BCUT2D eigenvalue weighted by Gasteiger charge is -1.99. The summed E-state index contributed by atoms with van der Waals surface area (Å²) in [7, 11) is 0. The lowest BCUT2D eigenvalue weighted by molar-refractivity contribution is -0.141. The van der Waals surface area contributed by atoms with Gasteiger partial charge < -0.3 is 10.1 Å². The Bertz CT molecular complexity index is 136. The van der Waals surface area contributed by atoms with Crippen molar-refractivity contribution in [2.45, 2.75) is 13.3 Å². The van der Waals surface area contributed by atoms with Gasteiger partial charge in [0, 0.05) is 5.71 Å². The Labute approximate surface area is 64.8 Å². The second-order valence-electron chi connectivity index (χ2n) is 1.72. The van der Waals surface area contributed by atoms with Crippen LogP contribution in [0.15, 0.2) is 0 Å². The number of hydrogen-bond acceptors (Lipinski definition) is 3. The normalized spacial score (nSPS) is 9.00. The first-order valence-corrected chi connectivity index (χ1v) is 3.52. The van der Waals surface area contributed by atoms with Crippen LogP contribution in [-0.2, 0) is 9.53 Å². The molecule has 1 N–H and O–H groups in total. The third-order valence-corrected chi connectivity index (χ3v) is 1.15. The second kappa shape index (κ2) is 5.23. The summed E-state index contributed by atoms with van der Waals surface area (Å²) in [5.41, 5.74) is 0.195. The van der Waals surface area contributed by atoms with Crippen LogP contribution in [0.4, 0.5) is 0 Å². The van der Waals surface area contributed by atoms with Crippen molar-refractivity contribution in [2.24, 2.45) is 0 Å². The second-order valence-corrected chi connectivity index (χ2v) is 1.99. The molecule has 0 bridgehead atoms. The van der Waals surface area contributed by atoms with E-state index in [0.29, 0.717) is 6.61 Å². The number of nitrogens with one attached hydrogen (secondary N) is 1. The molecule has 0 aromatic rings. The lowest BCUT2D eigenvalue weighted by Crippen LogP contribution is -2.11. The maximum atomic E-state index is 10.6. The minimum atomic E-state index is -0.381. The third kappa shape index (κ3) is 4.32. The van der Waals surface area contributed by atoms with Gasteiger partial charge in [0.25, 0.3) is 0 Å². The lowest BCUT2D eigenvalue weighted by atomic mass is 10.3. The van der Waals surface area contributed by atoms with Crippen LogP contribution in [-0.4, -0.2) is 24.2 Å². The molecule has 0 amide bonds. The van der Waals surface area contributed by atoms with Gasteiger partial charge in [-0.1, -0.05) is 0 Å². The summed E-state index contributed by atoms with van der Waals surface area (Å²) < 4.78 is 4.58. The zero-order valence-corrected chi connectivity index (χ0v) is 6.57. The zero-order chi connectivity index (χ0) is 7.98. The average Bonchev–Trinajstić information content (AvgIpc) is 1.88. The summed E-state index contributed by atoms with van der Waals surface area (Å²) in [5, 5.41) is 7.01. The molecule has 10 heavy (non-hydrogen) atoms. The molecule has 4 heteroatoms. The molecule has 0 saturated heterocycles. The molecule has 0 heterocycles. The van der Waals surface area contributed by atoms with Crippen molar-refractivity contribution in [3.8, 4) is 0 Å². The number of hydrogen-bond donors (Lipinski definition) is 1. The molecule has 0 atom stereocenters. The summed E-state index contributed by atoms with van der Waals surface area (Å²) in [5.74, 6) is -0.285. The smallest absolute Gasteiger partial charge is 0.311 e. The van der Waals surface area contributed by atoms with E-state index in [4.69, 9.17) is 17.0 Å². The van der Waals surface area contributed by atoms with Crippen molar-refractivity contribution >= 4 is 23.3 Å². The Morgan fingerprint density at radius 2 is 2.30 bits per heavy atom. The maximum absolute atomic E-state index is 10.6. The van der Waals surface area contributed by atoms with E-state index < -0.39 is 0 Å². The van der Waals surface area contributed by atoms with Crippen molar-refractivity contribution in [2.75, 3.05) is 12.5 Å².